The van der Waals surface area contributed by atoms with Gasteiger partial charge in [-0.05, 0) is 17.7 Å². The normalized spacial score (nSPS) is 11.4. The summed E-state index contributed by atoms with van der Waals surface area (Å²) in [7, 11) is 2.95. The summed E-state index contributed by atoms with van der Waals surface area (Å²) in [5.41, 5.74) is 2.52. The van der Waals surface area contributed by atoms with Crippen LogP contribution in [0.2, 0.25) is 0 Å². The van der Waals surface area contributed by atoms with E-state index in [-0.39, 0.29) is 5.28 Å². The average Bonchev–Trinajstić information content (AvgIpc) is 2.41. The highest BCUT2D eigenvalue weighted by Gasteiger charge is 2.27. The van der Waals surface area contributed by atoms with Gasteiger partial charge in [0.15, 0.2) is 0 Å². The van der Waals surface area contributed by atoms with Crippen molar-refractivity contribution in [3.05, 3.63) is 71.8 Å². The van der Waals surface area contributed by atoms with Crippen molar-refractivity contribution in [2.24, 2.45) is 0 Å². The van der Waals surface area contributed by atoms with Crippen molar-refractivity contribution < 1.29 is 0 Å². The van der Waals surface area contributed by atoms with Gasteiger partial charge in [-0.1, -0.05) is 67.6 Å². The molecule has 0 aliphatic heterocycles. The molecule has 0 aliphatic carbocycles. The molecule has 88 valence electrons. The van der Waals surface area contributed by atoms with Gasteiger partial charge in [-0.25, -0.2) is 0 Å². The Bertz CT molecular complexity index is 413. The molecule has 0 radical (unpaired) electrons. The van der Waals surface area contributed by atoms with Gasteiger partial charge in [-0.3, -0.25) is 0 Å². The second-order valence-electron chi connectivity index (χ2n) is 4.07. The number of hydrogen-bond donors (Lipinski definition) is 1. The summed E-state index contributed by atoms with van der Waals surface area (Å²) >= 11 is 0. The van der Waals surface area contributed by atoms with Crippen LogP contribution in [0.1, 0.15) is 18.1 Å². The molecule has 0 aromatic heterocycles. The molecule has 0 aliphatic rings. The summed E-state index contributed by atoms with van der Waals surface area (Å²) < 4.78 is 0. The smallest absolute Gasteiger partial charge is 0.0829 e. The van der Waals surface area contributed by atoms with Crippen LogP contribution in [0.25, 0.3) is 0 Å². The molecule has 0 fully saturated rings. The molecule has 1 unspecified atom stereocenters. The third-order valence-corrected chi connectivity index (χ3v) is 3.78. The Morgan fingerprint density at radius 3 is 1.65 bits per heavy atom. The lowest BCUT2D eigenvalue weighted by molar-refractivity contribution is 0.578. The van der Waals surface area contributed by atoms with Crippen LogP contribution < -0.4 is 5.32 Å². The van der Waals surface area contributed by atoms with Crippen LogP contribution in [-0.2, 0) is 5.28 Å². The Morgan fingerprint density at radius 2 is 1.29 bits per heavy atom. The van der Waals surface area contributed by atoms with Gasteiger partial charge in [0.1, 0.15) is 0 Å². The average molecular weight is 243 g/mol. The standard InChI is InChI=1S/C15H18NP/c1-2-16-15(17,13-9-5-3-6-10-13)14-11-7-4-8-12-14/h3-12,16H,2,17H2,1H3. The Labute approximate surface area is 105 Å². The molecule has 2 aromatic rings. The van der Waals surface area contributed by atoms with Crippen molar-refractivity contribution in [1.29, 1.82) is 0 Å². The van der Waals surface area contributed by atoms with Gasteiger partial charge in [0.2, 0.25) is 0 Å². The third-order valence-electron chi connectivity index (χ3n) is 2.91. The summed E-state index contributed by atoms with van der Waals surface area (Å²) in [6, 6.07) is 21.0. The second kappa shape index (κ2) is 5.44. The molecule has 2 rings (SSSR count). The van der Waals surface area contributed by atoms with E-state index in [1.165, 1.54) is 11.1 Å². The Morgan fingerprint density at radius 1 is 0.882 bits per heavy atom. The maximum Gasteiger partial charge on any atom is 0.0829 e. The zero-order valence-electron chi connectivity index (χ0n) is 10.1. The highest BCUT2D eigenvalue weighted by Crippen LogP contribution is 2.35. The molecular formula is C15H18NP. The van der Waals surface area contributed by atoms with Crippen molar-refractivity contribution in [2.75, 3.05) is 6.54 Å². The summed E-state index contributed by atoms with van der Waals surface area (Å²) in [5, 5.41) is 3.36. The van der Waals surface area contributed by atoms with E-state index >= 15 is 0 Å². The number of nitrogens with one attached hydrogen (secondary N) is 1. The first-order valence-corrected chi connectivity index (χ1v) is 6.50. The molecule has 0 saturated carbocycles. The van der Waals surface area contributed by atoms with Gasteiger partial charge >= 0.3 is 0 Å². The topological polar surface area (TPSA) is 12.0 Å². The molecule has 0 amide bonds. The summed E-state index contributed by atoms with van der Waals surface area (Å²) in [4.78, 5) is 0. The summed E-state index contributed by atoms with van der Waals surface area (Å²) in [5.74, 6) is 0. The van der Waals surface area contributed by atoms with E-state index in [4.69, 9.17) is 0 Å². The van der Waals surface area contributed by atoms with E-state index in [0.29, 0.717) is 0 Å². The SMILES string of the molecule is CCNC(P)(c1ccccc1)c1ccccc1. The lowest BCUT2D eigenvalue weighted by atomic mass is 9.97. The van der Waals surface area contributed by atoms with Crippen LogP contribution >= 0.6 is 9.24 Å². The third kappa shape index (κ3) is 2.57. The van der Waals surface area contributed by atoms with Crippen molar-refractivity contribution in [3.63, 3.8) is 0 Å². The molecule has 1 N–H and O–H groups in total. The van der Waals surface area contributed by atoms with Crippen LogP contribution in [0, 0.1) is 0 Å². The lowest BCUT2D eigenvalue weighted by Crippen LogP contribution is -2.37. The van der Waals surface area contributed by atoms with Gasteiger partial charge in [-0.15, -0.1) is 9.24 Å². The fourth-order valence-corrected chi connectivity index (χ4v) is 2.64. The molecule has 0 saturated heterocycles. The molecular weight excluding hydrogens is 225 g/mol. The van der Waals surface area contributed by atoms with Crippen LogP contribution in [0.15, 0.2) is 60.7 Å². The highest BCUT2D eigenvalue weighted by atomic mass is 31.0. The van der Waals surface area contributed by atoms with E-state index in [0.717, 1.165) is 6.54 Å². The molecule has 2 aromatic carbocycles. The molecule has 0 spiro atoms. The zero-order chi connectivity index (χ0) is 12.1. The first-order valence-electron chi connectivity index (χ1n) is 5.92. The monoisotopic (exact) mass is 243 g/mol. The van der Waals surface area contributed by atoms with E-state index < -0.39 is 0 Å². The number of rotatable bonds is 4. The second-order valence-corrected chi connectivity index (χ2v) is 4.94. The summed E-state index contributed by atoms with van der Waals surface area (Å²) in [6.07, 6.45) is 0. The van der Waals surface area contributed by atoms with Crippen molar-refractivity contribution in [2.45, 2.75) is 12.2 Å². The summed E-state index contributed by atoms with van der Waals surface area (Å²) in [6.45, 7) is 3.05. The predicted octanol–water partition coefficient (Wildman–Crippen LogP) is 3.37. The van der Waals surface area contributed by atoms with Crippen molar-refractivity contribution in [3.8, 4) is 0 Å². The van der Waals surface area contributed by atoms with Gasteiger partial charge in [0.05, 0.1) is 5.28 Å². The molecule has 17 heavy (non-hydrogen) atoms. The molecule has 0 bridgehead atoms. The first kappa shape index (κ1) is 12.3. The molecule has 2 heteroatoms. The zero-order valence-corrected chi connectivity index (χ0v) is 11.2. The Kier molecular flexibility index (Phi) is 3.93. The minimum absolute atomic E-state index is 0.197. The fourth-order valence-electron chi connectivity index (χ4n) is 2.05. The van der Waals surface area contributed by atoms with E-state index in [2.05, 4.69) is 70.0 Å². The van der Waals surface area contributed by atoms with Gasteiger partial charge in [0.25, 0.3) is 0 Å². The van der Waals surface area contributed by atoms with Crippen molar-refractivity contribution in [1.82, 2.24) is 5.32 Å². The predicted molar refractivity (Wildman–Crippen MR) is 77.1 cm³/mol. The van der Waals surface area contributed by atoms with Gasteiger partial charge < -0.3 is 5.32 Å². The molecule has 1 atom stereocenters. The minimum atomic E-state index is -0.197. The fraction of sp³-hybridized carbons (Fsp3) is 0.200. The maximum atomic E-state index is 3.55. The largest absolute Gasteiger partial charge is 0.301 e. The number of benzene rings is 2. The molecule has 0 heterocycles. The van der Waals surface area contributed by atoms with E-state index in [1.807, 2.05) is 12.1 Å². The highest BCUT2D eigenvalue weighted by molar-refractivity contribution is 7.18. The van der Waals surface area contributed by atoms with Gasteiger partial charge in [0, 0.05) is 0 Å². The van der Waals surface area contributed by atoms with E-state index in [9.17, 15) is 0 Å². The maximum absolute atomic E-state index is 3.55. The van der Waals surface area contributed by atoms with Crippen LogP contribution in [0.5, 0.6) is 0 Å². The quantitative estimate of drug-likeness (QED) is 0.812. The minimum Gasteiger partial charge on any atom is -0.301 e. The first-order chi connectivity index (χ1) is 8.27. The van der Waals surface area contributed by atoms with Gasteiger partial charge in [-0.2, -0.15) is 0 Å². The molecule has 1 nitrogen and oxygen atoms in total. The lowest BCUT2D eigenvalue weighted by Gasteiger charge is -2.31. The van der Waals surface area contributed by atoms with Crippen LogP contribution in [0.4, 0.5) is 0 Å². The van der Waals surface area contributed by atoms with Crippen LogP contribution in [-0.4, -0.2) is 6.54 Å². The Balaban J connectivity index is 2.47. The van der Waals surface area contributed by atoms with Crippen LogP contribution in [0.3, 0.4) is 0 Å². The number of hydrogen-bond acceptors (Lipinski definition) is 1. The van der Waals surface area contributed by atoms with Crippen molar-refractivity contribution >= 4 is 9.24 Å². The Hall–Kier alpha value is -1.17. The van der Waals surface area contributed by atoms with E-state index in [1.54, 1.807) is 0 Å².